The van der Waals surface area contributed by atoms with Crippen molar-refractivity contribution >= 4 is 40.9 Å². The molecule has 5 nitrogen and oxygen atoms in total. The molecule has 1 aliphatic heterocycles. The maximum Gasteiger partial charge on any atom is 0.351 e. The third kappa shape index (κ3) is 2.44. The molecule has 3 rings (SSSR count). The van der Waals surface area contributed by atoms with Crippen molar-refractivity contribution in [2.24, 2.45) is 0 Å². The van der Waals surface area contributed by atoms with Gasteiger partial charge in [0.05, 0.1) is 5.35 Å². The summed E-state index contributed by atoms with van der Waals surface area (Å²) in [7, 11) is 0. The van der Waals surface area contributed by atoms with Crippen LogP contribution in [0.4, 0.5) is 0 Å². The van der Waals surface area contributed by atoms with Gasteiger partial charge in [-0.1, -0.05) is 36.9 Å². The molecule has 0 radical (unpaired) electrons. The van der Waals surface area contributed by atoms with Crippen molar-refractivity contribution in [3.05, 3.63) is 40.5 Å². The summed E-state index contributed by atoms with van der Waals surface area (Å²) < 4.78 is 10.3. The Bertz CT molecular complexity index is 941. The Morgan fingerprint density at radius 3 is 2.43 bits per heavy atom. The van der Waals surface area contributed by atoms with Gasteiger partial charge in [-0.15, -0.1) is 0 Å². The predicted octanol–water partition coefficient (Wildman–Crippen LogP) is 1.60. The lowest BCUT2D eigenvalue weighted by atomic mass is 10.1. The van der Waals surface area contributed by atoms with E-state index in [4.69, 9.17) is 9.47 Å². The summed E-state index contributed by atoms with van der Waals surface area (Å²) in [6, 6.07) is 5.63. The van der Waals surface area contributed by atoms with E-state index in [1.165, 1.54) is 13.8 Å². The Morgan fingerprint density at radius 2 is 1.83 bits per heavy atom. The maximum absolute atomic E-state index is 12.3. The van der Waals surface area contributed by atoms with Crippen molar-refractivity contribution in [2.45, 2.75) is 26.6 Å². The van der Waals surface area contributed by atoms with Crippen molar-refractivity contribution in [3.8, 4) is 0 Å². The van der Waals surface area contributed by atoms with Gasteiger partial charge in [0.2, 0.25) is 0 Å². The molecule has 0 bridgehead atoms. The first-order valence-electron chi connectivity index (χ1n) is 7.27. The summed E-state index contributed by atoms with van der Waals surface area (Å²) >= 11 is 0. The zero-order chi connectivity index (χ0) is 16.8. The van der Waals surface area contributed by atoms with Crippen LogP contribution >= 0.6 is 0 Å². The van der Waals surface area contributed by atoms with Crippen LogP contribution < -0.4 is 10.7 Å². The van der Waals surface area contributed by atoms with E-state index in [1.807, 2.05) is 37.3 Å². The quantitative estimate of drug-likeness (QED) is 0.812. The molecule has 1 fully saturated rings. The fourth-order valence-electron chi connectivity index (χ4n) is 2.77. The van der Waals surface area contributed by atoms with Crippen molar-refractivity contribution in [3.63, 3.8) is 0 Å². The lowest BCUT2D eigenvalue weighted by Crippen LogP contribution is -2.43. The number of nitrogens with one attached hydrogen (secondary N) is 1. The highest BCUT2D eigenvalue weighted by Crippen LogP contribution is 2.23. The molecule has 0 spiro atoms. The molecule has 0 atom stereocenters. The fourth-order valence-corrected chi connectivity index (χ4v) is 2.77. The number of benzene rings is 1. The average Bonchev–Trinajstić information content (AvgIpc) is 2.75. The Labute approximate surface area is 132 Å². The molecule has 0 amide bonds. The lowest BCUT2D eigenvalue weighted by Gasteiger charge is -2.29. The number of rotatable bonds is 1. The summed E-state index contributed by atoms with van der Waals surface area (Å²) in [4.78, 5) is 27.6. The zero-order valence-electron chi connectivity index (χ0n) is 13.2. The topological polar surface area (TPSA) is 68.4 Å². The highest BCUT2D eigenvalue weighted by atomic mass is 16.7. The molecule has 0 aliphatic carbocycles. The minimum absolute atomic E-state index is 0.137. The highest BCUT2D eigenvalue weighted by Gasteiger charge is 2.40. The van der Waals surface area contributed by atoms with E-state index in [0.29, 0.717) is 10.7 Å². The Balaban J connectivity index is 2.37. The summed E-state index contributed by atoms with van der Waals surface area (Å²) in [6.45, 7) is 8.93. The maximum atomic E-state index is 12.3. The summed E-state index contributed by atoms with van der Waals surface area (Å²) in [6.07, 6.45) is 3.86. The van der Waals surface area contributed by atoms with Gasteiger partial charge in [-0.2, -0.15) is 0 Å². The van der Waals surface area contributed by atoms with E-state index in [1.54, 1.807) is 0 Å². The second-order valence-electron chi connectivity index (χ2n) is 5.80. The van der Waals surface area contributed by atoms with E-state index in [2.05, 4.69) is 11.6 Å². The number of aromatic nitrogens is 1. The summed E-state index contributed by atoms with van der Waals surface area (Å²) in [5, 5.41) is 2.59. The molecule has 2 heterocycles. The van der Waals surface area contributed by atoms with E-state index in [-0.39, 0.29) is 5.57 Å². The largest absolute Gasteiger partial charge is 0.419 e. The van der Waals surface area contributed by atoms with Gasteiger partial charge in [0, 0.05) is 30.0 Å². The first kappa shape index (κ1) is 15.1. The molecule has 1 aliphatic rings. The number of cyclic esters (lactones) is 2. The van der Waals surface area contributed by atoms with Crippen molar-refractivity contribution in [2.75, 3.05) is 0 Å². The molecule has 2 aromatic rings. The van der Waals surface area contributed by atoms with Crippen LogP contribution in [0, 0.1) is 0 Å². The van der Waals surface area contributed by atoms with Crippen molar-refractivity contribution < 1.29 is 19.1 Å². The van der Waals surface area contributed by atoms with Crippen LogP contribution in [0.2, 0.25) is 0 Å². The van der Waals surface area contributed by atoms with Crippen LogP contribution in [0.5, 0.6) is 0 Å². The van der Waals surface area contributed by atoms with Gasteiger partial charge in [0.25, 0.3) is 5.79 Å². The SMILES string of the molecule is C=c1[nH]c(=C2C(=O)OC(C)(C)OC2=O)c2cccc(/C=C\C)c12. The van der Waals surface area contributed by atoms with Crippen LogP contribution in [0.1, 0.15) is 26.3 Å². The number of carbonyl (C=O) groups excluding carboxylic acids is 2. The van der Waals surface area contributed by atoms with Gasteiger partial charge < -0.3 is 14.5 Å². The Hall–Kier alpha value is -2.82. The Kier molecular flexibility index (Phi) is 3.36. The number of aromatic amines is 1. The summed E-state index contributed by atoms with van der Waals surface area (Å²) in [5.41, 5.74) is 0.817. The average molecular weight is 311 g/mol. The molecule has 1 N–H and O–H groups in total. The molecule has 0 unspecified atom stereocenters. The predicted molar refractivity (Wildman–Crippen MR) is 87.4 cm³/mol. The minimum Gasteiger partial charge on any atom is -0.419 e. The number of carbonyl (C=O) groups is 2. The number of hydrogen-bond acceptors (Lipinski definition) is 4. The Morgan fingerprint density at radius 1 is 1.17 bits per heavy atom. The number of ether oxygens (including phenoxy) is 2. The third-order valence-corrected chi connectivity index (χ3v) is 3.63. The van der Waals surface area contributed by atoms with Gasteiger partial charge in [0.15, 0.2) is 5.57 Å². The smallest absolute Gasteiger partial charge is 0.351 e. The third-order valence-electron chi connectivity index (χ3n) is 3.63. The highest BCUT2D eigenvalue weighted by molar-refractivity contribution is 6.38. The molecule has 1 aromatic heterocycles. The van der Waals surface area contributed by atoms with Crippen LogP contribution in [0.25, 0.3) is 29.0 Å². The van der Waals surface area contributed by atoms with Crippen LogP contribution in [-0.2, 0) is 19.1 Å². The van der Waals surface area contributed by atoms with Crippen LogP contribution in [0.3, 0.4) is 0 Å². The molecule has 5 heteroatoms. The molecule has 1 aromatic carbocycles. The molecular weight excluding hydrogens is 294 g/mol. The fraction of sp³-hybridized carbons (Fsp3) is 0.222. The number of H-pyrrole nitrogens is 1. The van der Waals surface area contributed by atoms with Crippen LogP contribution in [0.15, 0.2) is 24.3 Å². The standard InChI is InChI=1S/C18H17NO4/c1-5-7-11-8-6-9-12-13(11)10(2)19-15(12)14-16(20)22-18(3,4)23-17(14)21/h5-9,19H,2H2,1,3-4H3/b7-5-. The number of esters is 2. The molecule has 23 heavy (non-hydrogen) atoms. The number of fused-ring (bicyclic) bond motifs is 1. The molecule has 0 saturated carbocycles. The van der Waals surface area contributed by atoms with Gasteiger partial charge in [-0.05, 0) is 12.5 Å². The monoisotopic (exact) mass is 311 g/mol. The van der Waals surface area contributed by atoms with E-state index >= 15 is 0 Å². The van der Waals surface area contributed by atoms with Crippen molar-refractivity contribution in [1.29, 1.82) is 0 Å². The lowest BCUT2D eigenvalue weighted by molar-refractivity contribution is -0.217. The minimum atomic E-state index is -1.26. The van der Waals surface area contributed by atoms with Gasteiger partial charge >= 0.3 is 11.9 Å². The normalized spacial score (nSPS) is 17.6. The van der Waals surface area contributed by atoms with Gasteiger partial charge in [-0.25, -0.2) is 9.59 Å². The van der Waals surface area contributed by atoms with Crippen molar-refractivity contribution in [1.82, 2.24) is 4.98 Å². The molecular formula is C18H17NO4. The molecule has 118 valence electrons. The second kappa shape index (κ2) is 5.12. The van der Waals surface area contributed by atoms with E-state index in [0.717, 1.165) is 16.3 Å². The summed E-state index contributed by atoms with van der Waals surface area (Å²) in [5.74, 6) is -2.67. The second-order valence-corrected chi connectivity index (χ2v) is 5.80. The first-order chi connectivity index (χ1) is 10.8. The van der Waals surface area contributed by atoms with E-state index in [9.17, 15) is 9.59 Å². The zero-order valence-corrected chi connectivity index (χ0v) is 13.2. The first-order valence-corrected chi connectivity index (χ1v) is 7.27. The number of allylic oxidation sites excluding steroid dienone is 1. The van der Waals surface area contributed by atoms with Gasteiger partial charge in [0.1, 0.15) is 0 Å². The number of hydrogen-bond donors (Lipinski definition) is 1. The van der Waals surface area contributed by atoms with E-state index < -0.39 is 17.7 Å². The van der Waals surface area contributed by atoms with Gasteiger partial charge in [-0.3, -0.25) is 0 Å². The molecule has 1 saturated heterocycles. The van der Waals surface area contributed by atoms with Crippen LogP contribution in [-0.4, -0.2) is 22.7 Å².